The number of aryl methyl sites for hydroxylation is 1. The van der Waals surface area contributed by atoms with Gasteiger partial charge in [0.25, 0.3) is 5.91 Å². The van der Waals surface area contributed by atoms with Crippen LogP contribution in [0.4, 0.5) is 0 Å². The molecule has 2 aromatic rings. The first-order valence-corrected chi connectivity index (χ1v) is 10.8. The lowest BCUT2D eigenvalue weighted by Crippen LogP contribution is -2.39. The summed E-state index contributed by atoms with van der Waals surface area (Å²) in [5, 5.41) is 0.562. The Kier molecular flexibility index (Phi) is 5.86. The van der Waals surface area contributed by atoms with Gasteiger partial charge < -0.3 is 9.64 Å². The number of hydrogen-bond donors (Lipinski definition) is 1. The van der Waals surface area contributed by atoms with Gasteiger partial charge in [0.05, 0.1) is 0 Å². The molecule has 0 fully saturated rings. The minimum atomic E-state index is -3.57. The standard InChI is InChI=1S/C17H19ClN2O4S2/c1-2-14-4-6-17(25-14)26(22,23)19-7-8-20-10-12-9-13(18)3-5-15(12)24-11-16(20)21/h3-6,9,19H,2,7-8,10-11H2,1H3. The molecule has 1 amide bonds. The summed E-state index contributed by atoms with van der Waals surface area (Å²) in [6.07, 6.45) is 0.796. The van der Waals surface area contributed by atoms with Crippen molar-refractivity contribution in [1.29, 1.82) is 0 Å². The third-order valence-electron chi connectivity index (χ3n) is 4.01. The smallest absolute Gasteiger partial charge is 0.260 e. The summed E-state index contributed by atoms with van der Waals surface area (Å²) in [7, 11) is -3.57. The van der Waals surface area contributed by atoms with Crippen molar-refractivity contribution in [2.45, 2.75) is 24.1 Å². The number of nitrogens with one attached hydrogen (secondary N) is 1. The SMILES string of the molecule is CCc1ccc(S(=O)(=O)NCCN2Cc3cc(Cl)ccc3OCC2=O)s1. The molecule has 0 radical (unpaired) electrons. The molecule has 9 heteroatoms. The maximum Gasteiger partial charge on any atom is 0.260 e. The second kappa shape index (κ2) is 7.96. The number of fused-ring (bicyclic) bond motifs is 1. The molecule has 26 heavy (non-hydrogen) atoms. The van der Waals surface area contributed by atoms with Gasteiger partial charge in [0.15, 0.2) is 6.61 Å². The van der Waals surface area contributed by atoms with Crippen LogP contribution < -0.4 is 9.46 Å². The summed E-state index contributed by atoms with van der Waals surface area (Å²) in [6, 6.07) is 8.62. The van der Waals surface area contributed by atoms with E-state index in [0.717, 1.165) is 16.9 Å². The average Bonchev–Trinajstić information content (AvgIpc) is 3.04. The van der Waals surface area contributed by atoms with E-state index < -0.39 is 10.0 Å². The Morgan fingerprint density at radius 1 is 1.31 bits per heavy atom. The van der Waals surface area contributed by atoms with Crippen LogP contribution in [0.5, 0.6) is 5.75 Å². The number of hydrogen-bond acceptors (Lipinski definition) is 5. The van der Waals surface area contributed by atoms with Gasteiger partial charge in [-0.15, -0.1) is 11.3 Å². The van der Waals surface area contributed by atoms with Crippen LogP contribution in [0.25, 0.3) is 0 Å². The highest BCUT2D eigenvalue weighted by Gasteiger charge is 2.23. The second-order valence-electron chi connectivity index (χ2n) is 5.83. The van der Waals surface area contributed by atoms with Crippen LogP contribution >= 0.6 is 22.9 Å². The molecular weight excluding hydrogens is 396 g/mol. The Morgan fingerprint density at radius 2 is 2.12 bits per heavy atom. The number of carbonyl (C=O) groups is 1. The van der Waals surface area contributed by atoms with Gasteiger partial charge >= 0.3 is 0 Å². The molecule has 0 atom stereocenters. The van der Waals surface area contributed by atoms with E-state index in [0.29, 0.717) is 17.3 Å². The third kappa shape index (κ3) is 4.37. The Bertz CT molecular complexity index is 911. The highest BCUT2D eigenvalue weighted by Crippen LogP contribution is 2.26. The molecular formula is C17H19ClN2O4S2. The predicted octanol–water partition coefficient (Wildman–Crippen LogP) is 2.66. The summed E-state index contributed by atoms with van der Waals surface area (Å²) in [5.74, 6) is 0.428. The van der Waals surface area contributed by atoms with E-state index in [1.54, 1.807) is 29.2 Å². The lowest BCUT2D eigenvalue weighted by atomic mass is 10.2. The van der Waals surface area contributed by atoms with Crippen LogP contribution in [0.3, 0.4) is 0 Å². The Labute approximate surface area is 161 Å². The zero-order chi connectivity index (χ0) is 18.7. The summed E-state index contributed by atoms with van der Waals surface area (Å²) >= 11 is 7.27. The molecule has 2 heterocycles. The molecule has 1 aromatic carbocycles. The number of sulfonamides is 1. The van der Waals surface area contributed by atoms with Crippen LogP contribution in [-0.2, 0) is 27.8 Å². The maximum absolute atomic E-state index is 12.3. The fraction of sp³-hybridized carbons (Fsp3) is 0.353. The normalized spacial score (nSPS) is 14.7. The van der Waals surface area contributed by atoms with E-state index in [2.05, 4.69) is 4.72 Å². The molecule has 1 aliphatic heterocycles. The summed E-state index contributed by atoms with van der Waals surface area (Å²) in [6.45, 7) is 2.61. The number of carbonyl (C=O) groups excluding carboxylic acids is 1. The highest BCUT2D eigenvalue weighted by molar-refractivity contribution is 7.91. The second-order valence-corrected chi connectivity index (χ2v) is 9.43. The van der Waals surface area contributed by atoms with E-state index in [1.807, 2.05) is 13.0 Å². The van der Waals surface area contributed by atoms with E-state index in [-0.39, 0.29) is 29.8 Å². The average molecular weight is 415 g/mol. The Morgan fingerprint density at radius 3 is 2.85 bits per heavy atom. The van der Waals surface area contributed by atoms with Gasteiger partial charge in [-0.25, -0.2) is 13.1 Å². The molecule has 0 saturated carbocycles. The van der Waals surface area contributed by atoms with Crippen molar-refractivity contribution in [1.82, 2.24) is 9.62 Å². The third-order valence-corrected chi connectivity index (χ3v) is 7.43. The number of nitrogens with zero attached hydrogens (tertiary/aromatic N) is 1. The molecule has 1 aromatic heterocycles. The lowest BCUT2D eigenvalue weighted by Gasteiger charge is -2.20. The fourth-order valence-corrected chi connectivity index (χ4v) is 5.18. The van der Waals surface area contributed by atoms with E-state index >= 15 is 0 Å². The molecule has 0 bridgehead atoms. The van der Waals surface area contributed by atoms with Gasteiger partial charge in [0, 0.05) is 35.1 Å². The van der Waals surface area contributed by atoms with Crippen molar-refractivity contribution in [3.8, 4) is 5.75 Å². The minimum Gasteiger partial charge on any atom is -0.483 e. The van der Waals surface area contributed by atoms with Crippen LogP contribution in [0.1, 0.15) is 17.4 Å². The van der Waals surface area contributed by atoms with Crippen molar-refractivity contribution < 1.29 is 17.9 Å². The van der Waals surface area contributed by atoms with Gasteiger partial charge in [0.2, 0.25) is 10.0 Å². The van der Waals surface area contributed by atoms with Crippen molar-refractivity contribution in [3.63, 3.8) is 0 Å². The number of benzene rings is 1. The number of halogens is 1. The van der Waals surface area contributed by atoms with Crippen LogP contribution in [0, 0.1) is 0 Å². The first-order valence-electron chi connectivity index (χ1n) is 8.16. The minimum absolute atomic E-state index is 0.0772. The van der Waals surface area contributed by atoms with Gasteiger partial charge in [-0.05, 0) is 36.8 Å². The van der Waals surface area contributed by atoms with Crippen molar-refractivity contribution >= 4 is 38.9 Å². The molecule has 6 nitrogen and oxygen atoms in total. The molecule has 0 saturated heterocycles. The van der Waals surface area contributed by atoms with E-state index in [4.69, 9.17) is 16.3 Å². The summed E-state index contributed by atoms with van der Waals surface area (Å²) in [5.41, 5.74) is 0.803. The molecule has 1 aliphatic rings. The number of ether oxygens (including phenoxy) is 1. The first-order chi connectivity index (χ1) is 12.4. The molecule has 0 aliphatic carbocycles. The molecule has 3 rings (SSSR count). The Hall–Kier alpha value is -1.61. The van der Waals surface area contributed by atoms with E-state index in [9.17, 15) is 13.2 Å². The number of thiophene rings is 1. The topological polar surface area (TPSA) is 75.7 Å². The number of amides is 1. The zero-order valence-corrected chi connectivity index (χ0v) is 16.6. The van der Waals surface area contributed by atoms with Gasteiger partial charge in [-0.3, -0.25) is 4.79 Å². The highest BCUT2D eigenvalue weighted by atomic mass is 35.5. The lowest BCUT2D eigenvalue weighted by molar-refractivity contribution is -0.133. The van der Waals surface area contributed by atoms with E-state index in [1.165, 1.54) is 11.3 Å². The van der Waals surface area contributed by atoms with Crippen molar-refractivity contribution in [2.24, 2.45) is 0 Å². The van der Waals surface area contributed by atoms with Gasteiger partial charge in [-0.2, -0.15) is 0 Å². The van der Waals surface area contributed by atoms with Crippen LogP contribution in [0.2, 0.25) is 5.02 Å². The Balaban J connectivity index is 1.64. The molecule has 0 spiro atoms. The largest absolute Gasteiger partial charge is 0.483 e. The quantitative estimate of drug-likeness (QED) is 0.788. The monoisotopic (exact) mass is 414 g/mol. The maximum atomic E-state index is 12.3. The zero-order valence-electron chi connectivity index (χ0n) is 14.2. The first kappa shape index (κ1) is 19.2. The van der Waals surface area contributed by atoms with Crippen LogP contribution in [0.15, 0.2) is 34.5 Å². The summed E-state index contributed by atoms with van der Waals surface area (Å²) in [4.78, 5) is 14.8. The molecule has 1 N–H and O–H groups in total. The van der Waals surface area contributed by atoms with Crippen LogP contribution in [-0.4, -0.2) is 38.9 Å². The van der Waals surface area contributed by atoms with Gasteiger partial charge in [0.1, 0.15) is 9.96 Å². The van der Waals surface area contributed by atoms with Crippen molar-refractivity contribution in [2.75, 3.05) is 19.7 Å². The predicted molar refractivity (Wildman–Crippen MR) is 101 cm³/mol. The van der Waals surface area contributed by atoms with Gasteiger partial charge in [-0.1, -0.05) is 18.5 Å². The summed E-state index contributed by atoms with van der Waals surface area (Å²) < 4.78 is 33.0. The number of rotatable bonds is 6. The van der Waals surface area contributed by atoms with Crippen molar-refractivity contribution in [3.05, 3.63) is 45.8 Å². The molecule has 0 unspecified atom stereocenters. The fourth-order valence-electron chi connectivity index (χ4n) is 2.62. The molecule has 140 valence electrons.